The fraction of sp³-hybridized carbons (Fsp3) is 0.222. The molecule has 0 bridgehead atoms. The van der Waals surface area contributed by atoms with E-state index in [0.717, 1.165) is 12.8 Å². The van der Waals surface area contributed by atoms with E-state index in [1.54, 1.807) is 24.3 Å². The van der Waals surface area contributed by atoms with Gasteiger partial charge >= 0.3 is 6.09 Å². The highest BCUT2D eigenvalue weighted by Gasteiger charge is 2.23. The summed E-state index contributed by atoms with van der Waals surface area (Å²) in [7, 11) is 0. The second-order valence-corrected chi connectivity index (χ2v) is 6.13. The van der Waals surface area contributed by atoms with Crippen LogP contribution in [0.5, 0.6) is 0 Å². The molecule has 2 heterocycles. The van der Waals surface area contributed by atoms with Gasteiger partial charge < -0.3 is 4.74 Å². The highest BCUT2D eigenvalue weighted by molar-refractivity contribution is 5.86. The molecule has 1 aliphatic carbocycles. The van der Waals surface area contributed by atoms with Crippen LogP contribution < -0.4 is 5.32 Å². The number of hydrogen-bond donors (Lipinski definition) is 1. The van der Waals surface area contributed by atoms with Gasteiger partial charge in [0.25, 0.3) is 0 Å². The van der Waals surface area contributed by atoms with E-state index in [-0.39, 0.29) is 5.56 Å². The molecule has 0 aliphatic heterocycles. The normalized spacial score (nSPS) is 13.4. The van der Waals surface area contributed by atoms with Gasteiger partial charge in [0.1, 0.15) is 18.2 Å². The van der Waals surface area contributed by atoms with Crippen LogP contribution in [0.15, 0.2) is 36.7 Å². The number of nitriles is 1. The van der Waals surface area contributed by atoms with Crippen LogP contribution >= 0.6 is 0 Å². The van der Waals surface area contributed by atoms with Crippen LogP contribution in [0, 0.1) is 23.1 Å². The standard InChI is InChI=1S/C18H14FN5O2/c19-15-5-12(3-4-13(15)8-20)16-6-14(7-17-21-10-22-24(16)17)23-18(25)26-9-11-1-2-11/h3-7,10-11H,1-2,9H2,(H,23,25). The molecule has 1 aromatic carbocycles. The first-order valence-electron chi connectivity index (χ1n) is 8.11. The summed E-state index contributed by atoms with van der Waals surface area (Å²) >= 11 is 0. The van der Waals surface area contributed by atoms with Gasteiger partial charge in [0.2, 0.25) is 0 Å². The Morgan fingerprint density at radius 3 is 2.96 bits per heavy atom. The van der Waals surface area contributed by atoms with Gasteiger partial charge in [0.05, 0.1) is 17.9 Å². The first-order valence-corrected chi connectivity index (χ1v) is 8.11. The molecule has 0 atom stereocenters. The Kier molecular flexibility index (Phi) is 3.97. The summed E-state index contributed by atoms with van der Waals surface area (Å²) in [5.41, 5.74) is 1.95. The number of halogens is 1. The summed E-state index contributed by atoms with van der Waals surface area (Å²) in [6, 6.07) is 9.36. The van der Waals surface area contributed by atoms with Crippen LogP contribution in [0.1, 0.15) is 18.4 Å². The summed E-state index contributed by atoms with van der Waals surface area (Å²) in [6.07, 6.45) is 3.01. The number of rotatable bonds is 4. The molecular formula is C18H14FN5O2. The van der Waals surface area contributed by atoms with Crippen LogP contribution in [0.25, 0.3) is 16.9 Å². The Hall–Kier alpha value is -3.47. The molecule has 8 heteroatoms. The van der Waals surface area contributed by atoms with Crippen molar-refractivity contribution < 1.29 is 13.9 Å². The Labute approximate surface area is 148 Å². The Bertz CT molecular complexity index is 1040. The van der Waals surface area contributed by atoms with E-state index in [2.05, 4.69) is 15.4 Å². The van der Waals surface area contributed by atoms with Gasteiger partial charge in [-0.1, -0.05) is 6.07 Å². The van der Waals surface area contributed by atoms with Gasteiger partial charge in [-0.2, -0.15) is 10.4 Å². The van der Waals surface area contributed by atoms with Crippen LogP contribution in [0.2, 0.25) is 0 Å². The molecule has 0 unspecified atom stereocenters. The van der Waals surface area contributed by atoms with Crippen molar-refractivity contribution in [3.05, 3.63) is 48.0 Å². The van der Waals surface area contributed by atoms with E-state index in [4.69, 9.17) is 10.00 Å². The molecule has 0 radical (unpaired) electrons. The summed E-state index contributed by atoms with van der Waals surface area (Å²) < 4.78 is 20.7. The molecule has 2 aromatic heterocycles. The minimum atomic E-state index is -0.625. The number of hydrogen-bond acceptors (Lipinski definition) is 5. The van der Waals surface area contributed by atoms with Crippen LogP contribution in [0.4, 0.5) is 14.9 Å². The minimum Gasteiger partial charge on any atom is -0.449 e. The van der Waals surface area contributed by atoms with E-state index in [9.17, 15) is 9.18 Å². The Morgan fingerprint density at radius 2 is 2.23 bits per heavy atom. The number of benzene rings is 1. The van der Waals surface area contributed by atoms with Crippen molar-refractivity contribution in [1.82, 2.24) is 14.6 Å². The van der Waals surface area contributed by atoms with E-state index >= 15 is 0 Å². The molecule has 1 amide bonds. The van der Waals surface area contributed by atoms with Gasteiger partial charge in [0, 0.05) is 17.3 Å². The number of nitrogens with zero attached hydrogens (tertiary/aromatic N) is 4. The van der Waals surface area contributed by atoms with Crippen molar-refractivity contribution in [1.29, 1.82) is 5.26 Å². The summed E-state index contributed by atoms with van der Waals surface area (Å²) in [4.78, 5) is 16.1. The predicted octanol–water partition coefficient (Wildman–Crippen LogP) is 3.37. The van der Waals surface area contributed by atoms with Crippen molar-refractivity contribution >= 4 is 17.4 Å². The highest BCUT2D eigenvalue weighted by atomic mass is 19.1. The summed E-state index contributed by atoms with van der Waals surface area (Å²) in [5, 5.41) is 15.7. The molecule has 1 saturated carbocycles. The van der Waals surface area contributed by atoms with E-state index in [1.165, 1.54) is 23.0 Å². The van der Waals surface area contributed by atoms with E-state index in [0.29, 0.717) is 35.1 Å². The smallest absolute Gasteiger partial charge is 0.411 e. The largest absolute Gasteiger partial charge is 0.449 e. The maximum absolute atomic E-state index is 14.0. The zero-order valence-electron chi connectivity index (χ0n) is 13.6. The predicted molar refractivity (Wildman–Crippen MR) is 90.8 cm³/mol. The quantitative estimate of drug-likeness (QED) is 0.778. The zero-order chi connectivity index (χ0) is 18.1. The molecule has 1 aliphatic rings. The molecule has 7 nitrogen and oxygen atoms in total. The third-order valence-electron chi connectivity index (χ3n) is 4.16. The minimum absolute atomic E-state index is 0.0403. The topological polar surface area (TPSA) is 92.3 Å². The second kappa shape index (κ2) is 6.44. The molecule has 130 valence electrons. The zero-order valence-corrected chi connectivity index (χ0v) is 13.6. The number of aromatic nitrogens is 3. The van der Waals surface area contributed by atoms with Crippen molar-refractivity contribution in [2.45, 2.75) is 12.8 Å². The molecule has 0 saturated heterocycles. The highest BCUT2D eigenvalue weighted by Crippen LogP contribution is 2.29. The van der Waals surface area contributed by atoms with Crippen LogP contribution in [-0.4, -0.2) is 27.3 Å². The monoisotopic (exact) mass is 351 g/mol. The maximum atomic E-state index is 14.0. The number of nitrogens with one attached hydrogen (secondary N) is 1. The van der Waals surface area contributed by atoms with Crippen molar-refractivity contribution in [2.75, 3.05) is 11.9 Å². The molecule has 1 N–H and O–H groups in total. The lowest BCUT2D eigenvalue weighted by atomic mass is 10.1. The number of carbonyl (C=O) groups is 1. The lowest BCUT2D eigenvalue weighted by molar-refractivity contribution is 0.156. The number of carbonyl (C=O) groups excluding carboxylic acids is 1. The molecule has 4 rings (SSSR count). The average Bonchev–Trinajstić information content (AvgIpc) is 3.35. The van der Waals surface area contributed by atoms with Crippen molar-refractivity contribution in [2.24, 2.45) is 5.92 Å². The second-order valence-electron chi connectivity index (χ2n) is 6.13. The van der Waals surface area contributed by atoms with E-state index in [1.807, 2.05) is 0 Å². The van der Waals surface area contributed by atoms with Gasteiger partial charge in [-0.05, 0) is 37.0 Å². The summed E-state index contributed by atoms with van der Waals surface area (Å²) in [5.74, 6) is -0.155. The maximum Gasteiger partial charge on any atom is 0.411 e. The van der Waals surface area contributed by atoms with Gasteiger partial charge in [-0.15, -0.1) is 0 Å². The van der Waals surface area contributed by atoms with Gasteiger partial charge in [-0.25, -0.2) is 18.7 Å². The van der Waals surface area contributed by atoms with E-state index < -0.39 is 11.9 Å². The SMILES string of the molecule is N#Cc1ccc(-c2cc(NC(=O)OCC3CC3)cc3ncnn23)cc1F. The summed E-state index contributed by atoms with van der Waals surface area (Å²) in [6.45, 7) is 0.409. The number of amides is 1. The lowest BCUT2D eigenvalue weighted by Gasteiger charge is -2.10. The van der Waals surface area contributed by atoms with Crippen molar-refractivity contribution in [3.8, 4) is 17.3 Å². The first-order chi connectivity index (χ1) is 12.6. The fourth-order valence-corrected chi connectivity index (χ4v) is 2.60. The molecule has 1 fully saturated rings. The van der Waals surface area contributed by atoms with Crippen LogP contribution in [0.3, 0.4) is 0 Å². The molecular weight excluding hydrogens is 337 g/mol. The number of fused-ring (bicyclic) bond motifs is 1. The number of ether oxygens (including phenoxy) is 1. The number of anilines is 1. The molecule has 26 heavy (non-hydrogen) atoms. The third-order valence-corrected chi connectivity index (χ3v) is 4.16. The molecule has 0 spiro atoms. The average molecular weight is 351 g/mol. The molecule has 3 aromatic rings. The van der Waals surface area contributed by atoms with Crippen molar-refractivity contribution in [3.63, 3.8) is 0 Å². The third kappa shape index (κ3) is 3.19. The Balaban J connectivity index is 1.67. The van der Waals surface area contributed by atoms with Gasteiger partial charge in [0.15, 0.2) is 5.65 Å². The fourth-order valence-electron chi connectivity index (χ4n) is 2.60. The first kappa shape index (κ1) is 16.0. The van der Waals surface area contributed by atoms with Gasteiger partial charge in [-0.3, -0.25) is 5.32 Å². The van der Waals surface area contributed by atoms with Crippen LogP contribution in [-0.2, 0) is 4.74 Å². The Morgan fingerprint density at radius 1 is 1.38 bits per heavy atom. The lowest BCUT2D eigenvalue weighted by Crippen LogP contribution is -2.15. The number of pyridine rings is 1.